The molecular weight excluding hydrogens is 188 g/mol. The summed E-state index contributed by atoms with van der Waals surface area (Å²) in [5.41, 5.74) is 8.02. The zero-order chi connectivity index (χ0) is 9.59. The van der Waals surface area contributed by atoms with E-state index >= 15 is 0 Å². The summed E-state index contributed by atoms with van der Waals surface area (Å²) in [6.07, 6.45) is 0. The number of nitrogens with two attached hydrogens (primary N) is 1. The zero-order valence-electron chi connectivity index (χ0n) is 7.37. The number of anilines is 1. The summed E-state index contributed by atoms with van der Waals surface area (Å²) in [5.74, 6) is 0. The van der Waals surface area contributed by atoms with E-state index in [4.69, 9.17) is 17.3 Å². The Labute approximate surface area is 80.3 Å². The topological polar surface area (TPSA) is 56.7 Å². The molecule has 0 bridgehead atoms. The van der Waals surface area contributed by atoms with E-state index in [9.17, 15) is 0 Å². The molecule has 0 atom stereocenters. The number of fused-ring (bicyclic) bond motifs is 1. The second-order valence-electron chi connectivity index (χ2n) is 2.94. The van der Waals surface area contributed by atoms with Gasteiger partial charge in [0.05, 0.1) is 11.1 Å². The first-order valence-corrected chi connectivity index (χ1v) is 4.22. The molecule has 2 heterocycles. The van der Waals surface area contributed by atoms with Crippen LogP contribution in [0.3, 0.4) is 0 Å². The predicted octanol–water partition coefficient (Wildman–Crippen LogP) is 1.51. The predicted molar refractivity (Wildman–Crippen MR) is 52.7 cm³/mol. The van der Waals surface area contributed by atoms with Gasteiger partial charge in [0.25, 0.3) is 0 Å². The van der Waals surface area contributed by atoms with Crippen molar-refractivity contribution in [3.8, 4) is 0 Å². The van der Waals surface area contributed by atoms with Crippen molar-refractivity contribution in [1.29, 1.82) is 0 Å². The van der Waals surface area contributed by atoms with E-state index < -0.39 is 0 Å². The molecule has 2 aromatic heterocycles. The lowest BCUT2D eigenvalue weighted by Gasteiger charge is -1.97. The normalized spacial score (nSPS) is 11.0. The average Bonchev–Trinajstić information content (AvgIpc) is 2.27. The van der Waals surface area contributed by atoms with Crippen LogP contribution in [0.2, 0.25) is 5.15 Å². The van der Waals surface area contributed by atoms with Gasteiger partial charge in [0.1, 0.15) is 5.15 Å². The fourth-order valence-electron chi connectivity index (χ4n) is 1.45. The van der Waals surface area contributed by atoms with Gasteiger partial charge in [-0.15, -0.1) is 0 Å². The summed E-state index contributed by atoms with van der Waals surface area (Å²) in [6.45, 7) is 1.90. The van der Waals surface area contributed by atoms with E-state index in [0.717, 1.165) is 16.7 Å². The Kier molecular flexibility index (Phi) is 1.66. The molecule has 2 aromatic rings. The smallest absolute Gasteiger partial charge is 0.161 e. The SMILES string of the molecule is Cc1nn(C)c2nc(Cl)cc(N)c12. The summed E-state index contributed by atoms with van der Waals surface area (Å²) < 4.78 is 1.67. The minimum absolute atomic E-state index is 0.396. The van der Waals surface area contributed by atoms with Crippen LogP contribution in [0, 0.1) is 6.92 Å². The maximum Gasteiger partial charge on any atom is 0.161 e. The Morgan fingerprint density at radius 2 is 2.23 bits per heavy atom. The van der Waals surface area contributed by atoms with Crippen LogP contribution >= 0.6 is 11.6 Å². The van der Waals surface area contributed by atoms with Crippen molar-refractivity contribution < 1.29 is 0 Å². The number of hydrogen-bond donors (Lipinski definition) is 1. The number of nitrogens with zero attached hydrogens (tertiary/aromatic N) is 3. The van der Waals surface area contributed by atoms with E-state index in [2.05, 4.69) is 10.1 Å². The van der Waals surface area contributed by atoms with Crippen LogP contribution < -0.4 is 5.73 Å². The van der Waals surface area contributed by atoms with Crippen molar-refractivity contribution in [2.45, 2.75) is 6.92 Å². The van der Waals surface area contributed by atoms with Gasteiger partial charge < -0.3 is 5.73 Å². The van der Waals surface area contributed by atoms with E-state index in [1.807, 2.05) is 14.0 Å². The molecule has 0 fully saturated rings. The zero-order valence-corrected chi connectivity index (χ0v) is 8.13. The molecule has 0 unspecified atom stereocenters. The van der Waals surface area contributed by atoms with Crippen molar-refractivity contribution in [2.75, 3.05) is 5.73 Å². The largest absolute Gasteiger partial charge is 0.398 e. The molecule has 0 saturated carbocycles. The summed E-state index contributed by atoms with van der Waals surface area (Å²) in [7, 11) is 1.82. The molecule has 2 N–H and O–H groups in total. The van der Waals surface area contributed by atoms with Crippen molar-refractivity contribution in [3.05, 3.63) is 16.9 Å². The molecule has 0 aromatic carbocycles. The third-order valence-electron chi connectivity index (χ3n) is 1.97. The maximum atomic E-state index is 5.79. The maximum absolute atomic E-state index is 5.79. The molecule has 0 amide bonds. The lowest BCUT2D eigenvalue weighted by atomic mass is 10.2. The average molecular weight is 197 g/mol. The number of pyridine rings is 1. The first kappa shape index (κ1) is 8.31. The van der Waals surface area contributed by atoms with Crippen LogP contribution in [0.15, 0.2) is 6.07 Å². The van der Waals surface area contributed by atoms with Crippen LogP contribution in [-0.4, -0.2) is 14.8 Å². The van der Waals surface area contributed by atoms with Crippen LogP contribution in [-0.2, 0) is 7.05 Å². The third kappa shape index (κ3) is 1.14. The summed E-state index contributed by atoms with van der Waals surface area (Å²) in [6, 6.07) is 1.64. The lowest BCUT2D eigenvalue weighted by Crippen LogP contribution is -1.93. The quantitative estimate of drug-likeness (QED) is 0.650. The van der Waals surface area contributed by atoms with E-state index in [1.165, 1.54) is 0 Å². The summed E-state index contributed by atoms with van der Waals surface area (Å²) >= 11 is 5.77. The van der Waals surface area contributed by atoms with Gasteiger partial charge in [-0.05, 0) is 13.0 Å². The van der Waals surface area contributed by atoms with Crippen LogP contribution in [0.4, 0.5) is 5.69 Å². The van der Waals surface area contributed by atoms with Gasteiger partial charge in [-0.3, -0.25) is 4.68 Å². The molecule has 0 spiro atoms. The fraction of sp³-hybridized carbons (Fsp3) is 0.250. The third-order valence-corrected chi connectivity index (χ3v) is 2.16. The second-order valence-corrected chi connectivity index (χ2v) is 3.33. The van der Waals surface area contributed by atoms with Gasteiger partial charge in [-0.1, -0.05) is 11.6 Å². The number of rotatable bonds is 0. The minimum Gasteiger partial charge on any atom is -0.398 e. The molecular formula is C8H9ClN4. The van der Waals surface area contributed by atoms with Gasteiger partial charge in [-0.25, -0.2) is 4.98 Å². The van der Waals surface area contributed by atoms with Crippen molar-refractivity contribution >= 4 is 28.3 Å². The van der Waals surface area contributed by atoms with Gasteiger partial charge >= 0.3 is 0 Å². The molecule has 4 nitrogen and oxygen atoms in total. The lowest BCUT2D eigenvalue weighted by molar-refractivity contribution is 0.774. The van der Waals surface area contributed by atoms with Crippen LogP contribution in [0.25, 0.3) is 11.0 Å². The molecule has 0 radical (unpaired) electrons. The number of aromatic nitrogens is 3. The molecule has 5 heteroatoms. The number of nitrogen functional groups attached to an aromatic ring is 1. The highest BCUT2D eigenvalue weighted by Crippen LogP contribution is 2.24. The molecule has 0 aliphatic rings. The number of aryl methyl sites for hydroxylation is 2. The Hall–Kier alpha value is -1.29. The molecule has 13 heavy (non-hydrogen) atoms. The number of halogens is 1. The Morgan fingerprint density at radius 1 is 1.54 bits per heavy atom. The second kappa shape index (κ2) is 2.60. The highest BCUT2D eigenvalue weighted by molar-refractivity contribution is 6.30. The Bertz CT molecular complexity index is 474. The molecule has 0 aliphatic heterocycles. The Balaban J connectivity index is 2.97. The highest BCUT2D eigenvalue weighted by Gasteiger charge is 2.10. The van der Waals surface area contributed by atoms with Crippen molar-refractivity contribution in [3.63, 3.8) is 0 Å². The monoisotopic (exact) mass is 196 g/mol. The van der Waals surface area contributed by atoms with Gasteiger partial charge in [0.15, 0.2) is 5.65 Å². The van der Waals surface area contributed by atoms with Gasteiger partial charge in [0, 0.05) is 12.7 Å². The standard InChI is InChI=1S/C8H9ClN4/c1-4-7-5(10)3-6(9)11-8(7)13(2)12-4/h3H,1-2H3,(H2,10,11). The first-order valence-electron chi connectivity index (χ1n) is 3.85. The van der Waals surface area contributed by atoms with E-state index in [-0.39, 0.29) is 0 Å². The first-order chi connectivity index (χ1) is 6.09. The fourth-order valence-corrected chi connectivity index (χ4v) is 1.64. The Morgan fingerprint density at radius 3 is 2.92 bits per heavy atom. The van der Waals surface area contributed by atoms with E-state index in [0.29, 0.717) is 10.8 Å². The molecule has 0 aliphatic carbocycles. The van der Waals surface area contributed by atoms with Crippen molar-refractivity contribution in [1.82, 2.24) is 14.8 Å². The van der Waals surface area contributed by atoms with Crippen molar-refractivity contribution in [2.24, 2.45) is 7.05 Å². The van der Waals surface area contributed by atoms with Gasteiger partial charge in [0.2, 0.25) is 0 Å². The molecule has 2 rings (SSSR count). The minimum atomic E-state index is 0.396. The summed E-state index contributed by atoms with van der Waals surface area (Å²) in [4.78, 5) is 4.14. The highest BCUT2D eigenvalue weighted by atomic mass is 35.5. The molecule has 68 valence electrons. The van der Waals surface area contributed by atoms with E-state index in [1.54, 1.807) is 10.7 Å². The van der Waals surface area contributed by atoms with Crippen LogP contribution in [0.1, 0.15) is 5.69 Å². The molecule has 0 saturated heterocycles. The van der Waals surface area contributed by atoms with Crippen LogP contribution in [0.5, 0.6) is 0 Å². The summed E-state index contributed by atoms with van der Waals surface area (Å²) in [5, 5.41) is 5.49. The number of hydrogen-bond acceptors (Lipinski definition) is 3. The van der Waals surface area contributed by atoms with Gasteiger partial charge in [-0.2, -0.15) is 5.10 Å².